The van der Waals surface area contributed by atoms with Crippen LogP contribution in [0.15, 0.2) is 36.4 Å². The van der Waals surface area contributed by atoms with Gasteiger partial charge in [-0.05, 0) is 37.5 Å². The molecule has 1 aromatic rings. The summed E-state index contributed by atoms with van der Waals surface area (Å²) in [5, 5.41) is 10.2. The summed E-state index contributed by atoms with van der Waals surface area (Å²) in [7, 11) is 0. The molecule has 1 N–H and O–H groups in total. The van der Waals surface area contributed by atoms with Crippen LogP contribution in [0.1, 0.15) is 39.2 Å². The highest BCUT2D eigenvalue weighted by Gasteiger charge is 2.29. The van der Waals surface area contributed by atoms with Crippen molar-refractivity contribution >= 4 is 0 Å². The smallest absolute Gasteiger partial charge is 0.123 e. The highest BCUT2D eigenvalue weighted by molar-refractivity contribution is 5.25. The molecule has 2 heteroatoms. The molecule has 0 saturated heterocycles. The minimum atomic E-state index is -0.454. The summed E-state index contributed by atoms with van der Waals surface area (Å²) >= 11 is 0. The van der Waals surface area contributed by atoms with E-state index in [1.807, 2.05) is 20.8 Å². The van der Waals surface area contributed by atoms with E-state index in [4.69, 9.17) is 0 Å². The first-order valence-electron chi connectivity index (χ1n) is 5.92. The van der Waals surface area contributed by atoms with Gasteiger partial charge in [0.25, 0.3) is 0 Å². The SMILES string of the molecule is C=C(C)CCC(O)C(C)(C)c1ccc(F)cc1. The van der Waals surface area contributed by atoms with E-state index in [-0.39, 0.29) is 11.2 Å². The van der Waals surface area contributed by atoms with Gasteiger partial charge in [0.05, 0.1) is 6.10 Å². The van der Waals surface area contributed by atoms with Crippen molar-refractivity contribution in [1.29, 1.82) is 0 Å². The van der Waals surface area contributed by atoms with E-state index in [0.29, 0.717) is 6.42 Å². The average molecular weight is 236 g/mol. The molecular weight excluding hydrogens is 215 g/mol. The van der Waals surface area contributed by atoms with Crippen molar-refractivity contribution in [2.75, 3.05) is 0 Å². The number of halogens is 1. The summed E-state index contributed by atoms with van der Waals surface area (Å²) in [5.74, 6) is -0.249. The van der Waals surface area contributed by atoms with Gasteiger partial charge in [-0.3, -0.25) is 0 Å². The first-order chi connectivity index (χ1) is 7.84. The maximum atomic E-state index is 12.9. The molecule has 0 radical (unpaired) electrons. The highest BCUT2D eigenvalue weighted by Crippen LogP contribution is 2.30. The van der Waals surface area contributed by atoms with Crippen LogP contribution in [0.25, 0.3) is 0 Å². The molecule has 0 spiro atoms. The number of hydrogen-bond acceptors (Lipinski definition) is 1. The van der Waals surface area contributed by atoms with Crippen molar-refractivity contribution < 1.29 is 9.50 Å². The second-order valence-electron chi connectivity index (χ2n) is 5.24. The summed E-state index contributed by atoms with van der Waals surface area (Å²) < 4.78 is 12.9. The molecule has 0 heterocycles. The van der Waals surface area contributed by atoms with Crippen molar-refractivity contribution in [3.63, 3.8) is 0 Å². The van der Waals surface area contributed by atoms with Crippen molar-refractivity contribution in [1.82, 2.24) is 0 Å². The Bertz CT molecular complexity index is 378. The van der Waals surface area contributed by atoms with Gasteiger partial charge < -0.3 is 5.11 Å². The van der Waals surface area contributed by atoms with Gasteiger partial charge in [0, 0.05) is 5.41 Å². The molecule has 1 rings (SSSR count). The normalized spacial score (nSPS) is 13.5. The van der Waals surface area contributed by atoms with E-state index < -0.39 is 6.10 Å². The van der Waals surface area contributed by atoms with Crippen LogP contribution in [-0.4, -0.2) is 11.2 Å². The zero-order valence-corrected chi connectivity index (χ0v) is 10.8. The number of aliphatic hydroxyl groups excluding tert-OH is 1. The molecule has 1 nitrogen and oxygen atoms in total. The largest absolute Gasteiger partial charge is 0.392 e. The molecule has 0 aromatic heterocycles. The summed E-state index contributed by atoms with van der Waals surface area (Å²) in [4.78, 5) is 0. The first-order valence-corrected chi connectivity index (χ1v) is 5.92. The lowest BCUT2D eigenvalue weighted by molar-refractivity contribution is 0.0915. The zero-order chi connectivity index (χ0) is 13.1. The molecule has 1 aromatic carbocycles. The summed E-state index contributed by atoms with van der Waals surface area (Å²) in [6.45, 7) is 9.74. The van der Waals surface area contributed by atoms with E-state index in [9.17, 15) is 9.50 Å². The quantitative estimate of drug-likeness (QED) is 0.770. The van der Waals surface area contributed by atoms with Gasteiger partial charge in [-0.1, -0.05) is 31.6 Å². The molecule has 0 bridgehead atoms. The lowest BCUT2D eigenvalue weighted by Crippen LogP contribution is -2.33. The summed E-state index contributed by atoms with van der Waals surface area (Å²) in [6.07, 6.45) is 1.04. The molecule has 0 aliphatic heterocycles. The highest BCUT2D eigenvalue weighted by atomic mass is 19.1. The maximum Gasteiger partial charge on any atom is 0.123 e. The third kappa shape index (κ3) is 3.67. The number of benzene rings is 1. The van der Waals surface area contributed by atoms with Crippen LogP contribution in [0.2, 0.25) is 0 Å². The van der Waals surface area contributed by atoms with Crippen molar-refractivity contribution in [3.8, 4) is 0 Å². The Morgan fingerprint density at radius 2 is 1.88 bits per heavy atom. The van der Waals surface area contributed by atoms with Crippen LogP contribution < -0.4 is 0 Å². The fourth-order valence-corrected chi connectivity index (χ4v) is 1.82. The first kappa shape index (κ1) is 13.9. The average Bonchev–Trinajstić information content (AvgIpc) is 2.26. The zero-order valence-electron chi connectivity index (χ0n) is 10.8. The molecule has 94 valence electrons. The van der Waals surface area contributed by atoms with E-state index in [1.165, 1.54) is 12.1 Å². The fraction of sp³-hybridized carbons (Fsp3) is 0.467. The van der Waals surface area contributed by atoms with Crippen molar-refractivity contribution in [3.05, 3.63) is 47.8 Å². The lowest BCUT2D eigenvalue weighted by atomic mass is 9.77. The Labute approximate surface area is 103 Å². The molecule has 1 unspecified atom stereocenters. The minimum absolute atomic E-state index is 0.249. The summed E-state index contributed by atoms with van der Waals surface area (Å²) in [6, 6.07) is 6.34. The third-order valence-corrected chi connectivity index (χ3v) is 3.27. The molecule has 1 atom stereocenters. The van der Waals surface area contributed by atoms with E-state index >= 15 is 0 Å². The molecular formula is C15H21FO. The second-order valence-corrected chi connectivity index (χ2v) is 5.24. The number of aliphatic hydroxyl groups is 1. The summed E-state index contributed by atoms with van der Waals surface area (Å²) in [5.41, 5.74) is 1.65. The second kappa shape index (κ2) is 5.46. The van der Waals surface area contributed by atoms with Gasteiger partial charge >= 0.3 is 0 Å². The molecule has 0 aliphatic rings. The van der Waals surface area contributed by atoms with Crippen molar-refractivity contribution in [2.45, 2.75) is 45.1 Å². The van der Waals surface area contributed by atoms with E-state index in [1.54, 1.807) is 12.1 Å². The van der Waals surface area contributed by atoms with E-state index in [2.05, 4.69) is 6.58 Å². The Morgan fingerprint density at radius 1 is 1.35 bits per heavy atom. The topological polar surface area (TPSA) is 20.2 Å². The van der Waals surface area contributed by atoms with Gasteiger partial charge in [-0.2, -0.15) is 0 Å². The Morgan fingerprint density at radius 3 is 2.35 bits per heavy atom. The maximum absolute atomic E-state index is 12.9. The third-order valence-electron chi connectivity index (χ3n) is 3.27. The number of allylic oxidation sites excluding steroid dienone is 1. The predicted octanol–water partition coefficient (Wildman–Crippen LogP) is 3.82. The Hall–Kier alpha value is -1.15. The van der Waals surface area contributed by atoms with Gasteiger partial charge in [-0.25, -0.2) is 4.39 Å². The number of rotatable bonds is 5. The standard InChI is InChI=1S/C15H21FO/c1-11(2)5-10-14(17)15(3,4)12-6-8-13(16)9-7-12/h6-9,14,17H,1,5,10H2,2-4H3. The van der Waals surface area contributed by atoms with Crippen LogP contribution in [0.5, 0.6) is 0 Å². The van der Waals surface area contributed by atoms with Crippen LogP contribution in [0.3, 0.4) is 0 Å². The molecule has 0 saturated carbocycles. The molecule has 0 amide bonds. The van der Waals surface area contributed by atoms with Crippen LogP contribution in [-0.2, 0) is 5.41 Å². The molecule has 0 aliphatic carbocycles. The van der Waals surface area contributed by atoms with Gasteiger partial charge in [0.1, 0.15) is 5.82 Å². The van der Waals surface area contributed by atoms with Gasteiger partial charge in [0.15, 0.2) is 0 Å². The number of hydrogen-bond donors (Lipinski definition) is 1. The Kier molecular flexibility index (Phi) is 4.47. The van der Waals surface area contributed by atoms with Crippen LogP contribution in [0.4, 0.5) is 4.39 Å². The predicted molar refractivity (Wildman–Crippen MR) is 69.5 cm³/mol. The van der Waals surface area contributed by atoms with Gasteiger partial charge in [0.2, 0.25) is 0 Å². The van der Waals surface area contributed by atoms with Crippen LogP contribution >= 0.6 is 0 Å². The van der Waals surface area contributed by atoms with Crippen molar-refractivity contribution in [2.24, 2.45) is 0 Å². The Balaban J connectivity index is 2.78. The van der Waals surface area contributed by atoms with Gasteiger partial charge in [-0.15, -0.1) is 6.58 Å². The monoisotopic (exact) mass is 236 g/mol. The minimum Gasteiger partial charge on any atom is -0.392 e. The molecule has 17 heavy (non-hydrogen) atoms. The van der Waals surface area contributed by atoms with Crippen LogP contribution in [0, 0.1) is 5.82 Å². The molecule has 0 fully saturated rings. The van der Waals surface area contributed by atoms with E-state index in [0.717, 1.165) is 17.6 Å². The fourth-order valence-electron chi connectivity index (χ4n) is 1.82. The lowest BCUT2D eigenvalue weighted by Gasteiger charge is -2.31.